The van der Waals surface area contributed by atoms with Gasteiger partial charge in [-0.25, -0.2) is 4.68 Å². The smallest absolute Gasteiger partial charge is 0.363 e. The van der Waals surface area contributed by atoms with Gasteiger partial charge in [-0.3, -0.25) is 4.79 Å². The minimum atomic E-state index is -4.26. The van der Waals surface area contributed by atoms with E-state index in [4.69, 9.17) is 0 Å². The number of rotatable bonds is 7. The third-order valence-electron chi connectivity index (χ3n) is 6.42. The first-order valence-electron chi connectivity index (χ1n) is 10.8. The van der Waals surface area contributed by atoms with E-state index in [0.29, 0.717) is 24.2 Å². The second-order valence-electron chi connectivity index (χ2n) is 9.00. The molecule has 0 fully saturated rings. The highest BCUT2D eigenvalue weighted by Gasteiger charge is 2.39. The number of nitrogens with zero attached hydrogens (tertiary/aromatic N) is 2. The number of aromatic nitrogens is 2. The maximum Gasteiger partial charge on any atom is 0.389 e. The zero-order chi connectivity index (χ0) is 22.9. The van der Waals surface area contributed by atoms with E-state index < -0.39 is 24.0 Å². The van der Waals surface area contributed by atoms with Crippen molar-refractivity contribution in [2.75, 3.05) is 5.32 Å². The predicted octanol–water partition coefficient (Wildman–Crippen LogP) is 5.81. The van der Waals surface area contributed by atoms with Crippen molar-refractivity contribution >= 4 is 11.7 Å². The molecule has 0 radical (unpaired) electrons. The second-order valence-corrected chi connectivity index (χ2v) is 9.00. The molecule has 0 bridgehead atoms. The zero-order valence-electron chi connectivity index (χ0n) is 18.5. The van der Waals surface area contributed by atoms with E-state index in [1.807, 2.05) is 30.3 Å². The van der Waals surface area contributed by atoms with Crippen LogP contribution in [0.15, 0.2) is 36.5 Å². The van der Waals surface area contributed by atoms with Crippen LogP contribution in [0.5, 0.6) is 0 Å². The van der Waals surface area contributed by atoms with Gasteiger partial charge in [-0.15, -0.1) is 0 Å². The Morgan fingerprint density at radius 1 is 1.19 bits per heavy atom. The summed E-state index contributed by atoms with van der Waals surface area (Å²) in [6, 6.07) is 9.98. The summed E-state index contributed by atoms with van der Waals surface area (Å²) in [4.78, 5) is 13.2. The lowest BCUT2D eigenvalue weighted by Gasteiger charge is -2.38. The lowest BCUT2D eigenvalue weighted by molar-refractivity contribution is -0.139. The molecule has 0 aliphatic carbocycles. The summed E-state index contributed by atoms with van der Waals surface area (Å²) in [7, 11) is 0. The molecule has 8 heteroatoms. The first kappa shape index (κ1) is 23.2. The number of hydrogen-bond donors (Lipinski definition) is 2. The van der Waals surface area contributed by atoms with E-state index >= 15 is 0 Å². The molecule has 1 atom stereocenters. The number of carbonyl (C=O) groups excluding carboxylic acids is 1. The van der Waals surface area contributed by atoms with Crippen LogP contribution in [0.1, 0.15) is 81.8 Å². The third kappa shape index (κ3) is 5.05. The lowest BCUT2D eigenvalue weighted by atomic mass is 9.87. The van der Waals surface area contributed by atoms with Gasteiger partial charge >= 0.3 is 6.18 Å². The Bertz CT molecular complexity index is 901. The lowest BCUT2D eigenvalue weighted by Crippen LogP contribution is -2.48. The first-order chi connectivity index (χ1) is 14.5. The largest absolute Gasteiger partial charge is 0.389 e. The van der Waals surface area contributed by atoms with Gasteiger partial charge in [0.1, 0.15) is 11.4 Å². The summed E-state index contributed by atoms with van der Waals surface area (Å²) in [5.41, 5.74) is 0.218. The molecule has 0 saturated heterocycles. The van der Waals surface area contributed by atoms with E-state index in [1.54, 1.807) is 18.5 Å². The molecular weight excluding hydrogens is 405 g/mol. The molecule has 1 aliphatic rings. The number of fused-ring (bicyclic) bond motifs is 1. The van der Waals surface area contributed by atoms with Gasteiger partial charge in [0.15, 0.2) is 0 Å². The van der Waals surface area contributed by atoms with Gasteiger partial charge in [-0.05, 0) is 45.1 Å². The molecule has 1 aliphatic heterocycles. The highest BCUT2D eigenvalue weighted by atomic mass is 19.4. The van der Waals surface area contributed by atoms with Gasteiger partial charge in [0.05, 0.1) is 17.8 Å². The summed E-state index contributed by atoms with van der Waals surface area (Å²) in [5.74, 6) is 0.198. The number of hydrogen-bond acceptors (Lipinski definition) is 3. The van der Waals surface area contributed by atoms with Gasteiger partial charge in [-0.1, -0.05) is 44.2 Å². The monoisotopic (exact) mass is 436 g/mol. The molecule has 2 heterocycles. The molecule has 1 aromatic heterocycles. The van der Waals surface area contributed by atoms with Crippen molar-refractivity contribution in [3.63, 3.8) is 0 Å². The fourth-order valence-electron chi connectivity index (χ4n) is 4.33. The Labute approximate surface area is 181 Å². The maximum atomic E-state index is 13.2. The number of benzene rings is 1. The summed E-state index contributed by atoms with van der Waals surface area (Å²) in [5, 5.41) is 10.8. The second kappa shape index (κ2) is 8.55. The maximum absolute atomic E-state index is 13.2. The molecule has 1 unspecified atom stereocenters. The molecule has 2 N–H and O–H groups in total. The topological polar surface area (TPSA) is 59.0 Å². The number of nitrogens with one attached hydrogen (secondary N) is 2. The standard InChI is InChI=1S/C23H31F3N4O/c1-5-22(6-2,12-13-23(24,25)26)29-20(31)17-15-27-30-19(17)28-18(14-21(30,3)4)16-10-8-7-9-11-16/h7-11,15,18,28H,5-6,12-14H2,1-4H3,(H,29,31). The number of carbonyl (C=O) groups is 1. The van der Waals surface area contributed by atoms with Crippen molar-refractivity contribution in [2.24, 2.45) is 0 Å². The highest BCUT2D eigenvalue weighted by Crippen LogP contribution is 2.40. The fourth-order valence-corrected chi connectivity index (χ4v) is 4.33. The Morgan fingerprint density at radius 3 is 2.42 bits per heavy atom. The van der Waals surface area contributed by atoms with Crippen LogP contribution < -0.4 is 10.6 Å². The van der Waals surface area contributed by atoms with Crippen molar-refractivity contribution in [3.05, 3.63) is 47.7 Å². The minimum absolute atomic E-state index is 0.000660. The highest BCUT2D eigenvalue weighted by molar-refractivity contribution is 5.99. The molecule has 0 spiro atoms. The van der Waals surface area contributed by atoms with Crippen molar-refractivity contribution < 1.29 is 18.0 Å². The SMILES string of the molecule is CCC(CC)(CCC(F)(F)F)NC(=O)c1cnn2c1NC(c1ccccc1)CC2(C)C. The van der Waals surface area contributed by atoms with Crippen molar-refractivity contribution in [1.82, 2.24) is 15.1 Å². The Morgan fingerprint density at radius 2 is 1.84 bits per heavy atom. The van der Waals surface area contributed by atoms with Gasteiger partial charge < -0.3 is 10.6 Å². The van der Waals surface area contributed by atoms with Gasteiger partial charge in [-0.2, -0.15) is 18.3 Å². The van der Waals surface area contributed by atoms with Crippen LogP contribution in [-0.4, -0.2) is 27.4 Å². The van der Waals surface area contributed by atoms with Crippen molar-refractivity contribution in [2.45, 2.75) is 83.1 Å². The number of halogens is 3. The van der Waals surface area contributed by atoms with E-state index in [1.165, 1.54) is 6.20 Å². The van der Waals surface area contributed by atoms with Gasteiger partial charge in [0, 0.05) is 12.0 Å². The van der Waals surface area contributed by atoms with E-state index in [-0.39, 0.29) is 18.0 Å². The van der Waals surface area contributed by atoms with Crippen LogP contribution in [0, 0.1) is 0 Å². The van der Waals surface area contributed by atoms with Crippen LogP contribution in [-0.2, 0) is 5.54 Å². The average molecular weight is 437 g/mol. The third-order valence-corrected chi connectivity index (χ3v) is 6.42. The summed E-state index contributed by atoms with van der Waals surface area (Å²) < 4.78 is 40.3. The van der Waals surface area contributed by atoms with Gasteiger partial charge in [0.2, 0.25) is 0 Å². The fraction of sp³-hybridized carbons (Fsp3) is 0.565. The van der Waals surface area contributed by atoms with E-state index in [0.717, 1.165) is 12.0 Å². The molecule has 1 amide bonds. The number of amides is 1. The quantitative estimate of drug-likeness (QED) is 0.576. The Hall–Kier alpha value is -2.51. The summed E-state index contributed by atoms with van der Waals surface area (Å²) in [6.07, 6.45) is -2.21. The zero-order valence-corrected chi connectivity index (χ0v) is 18.5. The summed E-state index contributed by atoms with van der Waals surface area (Å²) in [6.45, 7) is 7.74. The van der Waals surface area contributed by atoms with Crippen LogP contribution in [0.3, 0.4) is 0 Å². The normalized spacial score (nSPS) is 18.2. The van der Waals surface area contributed by atoms with E-state index in [9.17, 15) is 18.0 Å². The summed E-state index contributed by atoms with van der Waals surface area (Å²) >= 11 is 0. The molecular formula is C23H31F3N4O. The van der Waals surface area contributed by atoms with Crippen molar-refractivity contribution in [3.8, 4) is 0 Å². The number of alkyl halides is 3. The molecule has 31 heavy (non-hydrogen) atoms. The van der Waals surface area contributed by atoms with Crippen molar-refractivity contribution in [1.29, 1.82) is 0 Å². The first-order valence-corrected chi connectivity index (χ1v) is 10.8. The Balaban J connectivity index is 1.88. The molecule has 0 saturated carbocycles. The molecule has 5 nitrogen and oxygen atoms in total. The van der Waals surface area contributed by atoms with Gasteiger partial charge in [0.25, 0.3) is 5.91 Å². The minimum Gasteiger partial charge on any atom is -0.363 e. The van der Waals surface area contributed by atoms with Crippen LogP contribution in [0.2, 0.25) is 0 Å². The average Bonchev–Trinajstić information content (AvgIpc) is 3.16. The van der Waals surface area contributed by atoms with Crippen LogP contribution >= 0.6 is 0 Å². The molecule has 170 valence electrons. The van der Waals surface area contributed by atoms with Crippen LogP contribution in [0.25, 0.3) is 0 Å². The molecule has 2 aromatic rings. The van der Waals surface area contributed by atoms with Crippen LogP contribution in [0.4, 0.5) is 19.0 Å². The Kier molecular flexibility index (Phi) is 6.39. The van der Waals surface area contributed by atoms with E-state index in [2.05, 4.69) is 29.6 Å². The molecule has 3 rings (SSSR count). The number of anilines is 1. The predicted molar refractivity (Wildman–Crippen MR) is 115 cm³/mol. The molecule has 1 aromatic carbocycles.